The summed E-state index contributed by atoms with van der Waals surface area (Å²) < 4.78 is 26.9. The zero-order chi connectivity index (χ0) is 27.0. The summed E-state index contributed by atoms with van der Waals surface area (Å²) in [6.07, 6.45) is 0.959. The fourth-order valence-electron chi connectivity index (χ4n) is 4.19. The van der Waals surface area contributed by atoms with Crippen LogP contribution in [0.25, 0.3) is 0 Å². The Hall–Kier alpha value is -2.61. The smallest absolute Gasteiger partial charge is 0.305 e. The van der Waals surface area contributed by atoms with Crippen molar-refractivity contribution in [3.63, 3.8) is 0 Å². The van der Waals surface area contributed by atoms with E-state index in [4.69, 9.17) is 28.8 Å². The summed E-state index contributed by atoms with van der Waals surface area (Å²) in [5.74, 6) is -1.26. The van der Waals surface area contributed by atoms with Gasteiger partial charge in [-0.15, -0.1) is 0 Å². The number of rotatable bonds is 20. The maximum absolute atomic E-state index is 12.2. The molecule has 0 radical (unpaired) electrons. The molecule has 0 bridgehead atoms. The predicted octanol–water partition coefficient (Wildman–Crippen LogP) is 0.777. The first-order chi connectivity index (χ1) is 18.5. The Bertz CT molecular complexity index is 899. The molecule has 1 aromatic rings. The van der Waals surface area contributed by atoms with E-state index in [-0.39, 0.29) is 30.9 Å². The first-order valence-corrected chi connectivity index (χ1v) is 13.1. The van der Waals surface area contributed by atoms with Crippen LogP contribution in [-0.2, 0) is 51.2 Å². The highest BCUT2D eigenvalue weighted by Gasteiger charge is 2.34. The number of piperidine rings is 1. The van der Waals surface area contributed by atoms with E-state index in [1.54, 1.807) is 0 Å². The Morgan fingerprint density at radius 1 is 0.868 bits per heavy atom. The molecule has 1 saturated heterocycles. The van der Waals surface area contributed by atoms with E-state index in [0.717, 1.165) is 12.2 Å². The van der Waals surface area contributed by atoms with Gasteiger partial charge in [-0.2, -0.15) is 0 Å². The lowest BCUT2D eigenvalue weighted by Crippen LogP contribution is -2.50. The van der Waals surface area contributed by atoms with Gasteiger partial charge in [0.2, 0.25) is 11.8 Å². The van der Waals surface area contributed by atoms with Gasteiger partial charge in [-0.1, -0.05) is 6.07 Å². The summed E-state index contributed by atoms with van der Waals surface area (Å²) >= 11 is 0. The monoisotopic (exact) mass is 537 g/mol. The lowest BCUT2D eigenvalue weighted by atomic mass is 10.0. The van der Waals surface area contributed by atoms with Crippen LogP contribution in [0.4, 0.5) is 5.69 Å². The Morgan fingerprint density at radius 3 is 2.05 bits per heavy atom. The normalized spacial score (nSPS) is 17.4. The molecule has 0 aromatic heterocycles. The number of nitrogens with zero attached hydrogens (tertiary/aromatic N) is 1. The van der Waals surface area contributed by atoms with Crippen molar-refractivity contribution in [2.45, 2.75) is 38.4 Å². The Balaban J connectivity index is 1.12. The highest BCUT2D eigenvalue weighted by molar-refractivity contribution is 6.00. The summed E-state index contributed by atoms with van der Waals surface area (Å²) in [6.45, 7) is 6.44. The van der Waals surface area contributed by atoms with Gasteiger partial charge in [0.05, 0.1) is 78.5 Å². The van der Waals surface area contributed by atoms with E-state index in [2.05, 4.69) is 27.7 Å². The van der Waals surface area contributed by atoms with Crippen LogP contribution < -0.4 is 10.6 Å². The number of aliphatic carboxylic acids is 1. The van der Waals surface area contributed by atoms with Crippen LogP contribution in [0, 0.1) is 0 Å². The molecule has 3 rings (SSSR count). The Labute approximate surface area is 222 Å². The van der Waals surface area contributed by atoms with Gasteiger partial charge in [0.25, 0.3) is 0 Å². The molecule has 0 aliphatic carbocycles. The molecule has 12 heteroatoms. The van der Waals surface area contributed by atoms with E-state index in [1.807, 2.05) is 6.07 Å². The highest BCUT2D eigenvalue weighted by atomic mass is 16.6. The van der Waals surface area contributed by atoms with Crippen molar-refractivity contribution < 1.29 is 43.2 Å². The third kappa shape index (κ3) is 11.0. The van der Waals surface area contributed by atoms with Crippen LogP contribution in [0.5, 0.6) is 0 Å². The van der Waals surface area contributed by atoms with Gasteiger partial charge in [0.1, 0.15) is 0 Å². The van der Waals surface area contributed by atoms with E-state index >= 15 is 0 Å². The Morgan fingerprint density at radius 2 is 1.45 bits per heavy atom. The molecule has 3 N–H and O–H groups in total. The molecule has 12 nitrogen and oxygen atoms in total. The predicted molar refractivity (Wildman–Crippen MR) is 137 cm³/mol. The minimum absolute atomic E-state index is 0.00371. The third-order valence-electron chi connectivity index (χ3n) is 6.13. The number of imide groups is 1. The largest absolute Gasteiger partial charge is 0.481 e. The molecule has 2 aliphatic heterocycles. The molecule has 1 fully saturated rings. The summed E-state index contributed by atoms with van der Waals surface area (Å²) in [5.41, 5.74) is 3.43. The van der Waals surface area contributed by atoms with Gasteiger partial charge < -0.3 is 34.1 Å². The second-order valence-electron chi connectivity index (χ2n) is 8.99. The van der Waals surface area contributed by atoms with Crippen LogP contribution in [0.1, 0.15) is 30.4 Å². The van der Waals surface area contributed by atoms with Gasteiger partial charge in [-0.05, 0) is 29.7 Å². The van der Waals surface area contributed by atoms with Crippen molar-refractivity contribution in [1.29, 1.82) is 0 Å². The van der Waals surface area contributed by atoms with Gasteiger partial charge in [-0.25, -0.2) is 0 Å². The van der Waals surface area contributed by atoms with Crippen LogP contribution in [-0.4, -0.2) is 106 Å². The van der Waals surface area contributed by atoms with Crippen molar-refractivity contribution >= 4 is 23.5 Å². The minimum Gasteiger partial charge on any atom is -0.481 e. The number of nitrogens with one attached hydrogen (secondary N) is 2. The number of carboxylic acid groups (broad SMARTS) is 1. The molecule has 212 valence electrons. The first-order valence-electron chi connectivity index (χ1n) is 13.1. The van der Waals surface area contributed by atoms with Gasteiger partial charge in [-0.3, -0.25) is 24.6 Å². The quantitative estimate of drug-likeness (QED) is 0.160. The molecule has 1 aromatic carbocycles. The topological polar surface area (TPSA) is 145 Å². The van der Waals surface area contributed by atoms with Gasteiger partial charge in [0.15, 0.2) is 0 Å². The van der Waals surface area contributed by atoms with Crippen molar-refractivity contribution in [1.82, 2.24) is 10.2 Å². The zero-order valence-electron chi connectivity index (χ0n) is 21.8. The summed E-state index contributed by atoms with van der Waals surface area (Å²) in [4.78, 5) is 36.0. The summed E-state index contributed by atoms with van der Waals surface area (Å²) in [5, 5.41) is 14.3. The number of carboxylic acids is 1. The van der Waals surface area contributed by atoms with Crippen LogP contribution >= 0.6 is 0 Å². The fraction of sp³-hybridized carbons (Fsp3) is 0.654. The number of benzene rings is 1. The zero-order valence-corrected chi connectivity index (χ0v) is 21.8. The second-order valence-corrected chi connectivity index (χ2v) is 8.99. The number of carbonyl (C=O) groups excluding carboxylic acids is 2. The molecule has 0 saturated carbocycles. The lowest BCUT2D eigenvalue weighted by molar-refractivity contribution is -0.139. The van der Waals surface area contributed by atoms with Gasteiger partial charge in [0, 0.05) is 31.7 Å². The van der Waals surface area contributed by atoms with Crippen molar-refractivity contribution in [2.24, 2.45) is 0 Å². The number of hydrogen-bond acceptors (Lipinski definition) is 10. The maximum atomic E-state index is 12.2. The van der Waals surface area contributed by atoms with Crippen LogP contribution in [0.15, 0.2) is 18.2 Å². The minimum atomic E-state index is -0.875. The molecule has 0 spiro atoms. The fourth-order valence-corrected chi connectivity index (χ4v) is 4.19. The number of carbonyl (C=O) groups is 3. The molecular formula is C26H39N3O9. The second kappa shape index (κ2) is 17.1. The third-order valence-corrected chi connectivity index (χ3v) is 6.13. The molecule has 2 amide bonds. The lowest BCUT2D eigenvalue weighted by Gasteiger charge is -2.29. The van der Waals surface area contributed by atoms with E-state index in [1.165, 1.54) is 11.1 Å². The molecular weight excluding hydrogens is 498 g/mol. The number of fused-ring (bicyclic) bond motifs is 1. The Kier molecular flexibility index (Phi) is 13.5. The van der Waals surface area contributed by atoms with Crippen molar-refractivity contribution in [3.05, 3.63) is 29.3 Å². The summed E-state index contributed by atoms with van der Waals surface area (Å²) in [7, 11) is 0. The molecule has 1 unspecified atom stereocenters. The van der Waals surface area contributed by atoms with E-state index in [0.29, 0.717) is 85.4 Å². The average molecular weight is 538 g/mol. The molecule has 2 heterocycles. The molecule has 2 aliphatic rings. The van der Waals surface area contributed by atoms with Crippen molar-refractivity contribution in [3.8, 4) is 0 Å². The first kappa shape index (κ1) is 29.9. The van der Waals surface area contributed by atoms with Crippen LogP contribution in [0.3, 0.4) is 0 Å². The van der Waals surface area contributed by atoms with E-state index in [9.17, 15) is 14.4 Å². The molecule has 38 heavy (non-hydrogen) atoms. The number of amides is 2. The van der Waals surface area contributed by atoms with Crippen molar-refractivity contribution in [2.75, 3.05) is 77.9 Å². The van der Waals surface area contributed by atoms with E-state index < -0.39 is 5.97 Å². The standard InChI is InChI=1S/C26H39N3O9/c30-24-4-3-23(26(33)28-24)29-18-20-1-2-22(17-21(20)19-29)27-6-8-35-10-12-37-14-16-38-15-13-36-11-9-34-7-5-25(31)32/h1-2,17,23,27H,3-16,18-19H2,(H,31,32)(H,28,30,33). The SMILES string of the molecule is O=C(O)CCOCCOCCOCCOCCOCCNc1ccc2c(c1)CN(C1CCC(=O)NC1=O)C2. The number of hydrogen-bond donors (Lipinski definition) is 3. The molecule has 1 atom stereocenters. The van der Waals surface area contributed by atoms with Gasteiger partial charge >= 0.3 is 5.97 Å². The summed E-state index contributed by atoms with van der Waals surface area (Å²) in [6, 6.07) is 6.00. The number of ether oxygens (including phenoxy) is 5. The number of anilines is 1. The average Bonchev–Trinajstić information content (AvgIpc) is 3.31. The van der Waals surface area contributed by atoms with Crippen LogP contribution in [0.2, 0.25) is 0 Å². The highest BCUT2D eigenvalue weighted by Crippen LogP contribution is 2.29. The maximum Gasteiger partial charge on any atom is 0.305 e.